The van der Waals surface area contributed by atoms with Gasteiger partial charge in [-0.05, 0) is 75.4 Å². The maximum atomic E-state index is 6.62. The Kier molecular flexibility index (Phi) is 5.37. The lowest BCUT2D eigenvalue weighted by atomic mass is 9.79. The second kappa shape index (κ2) is 7.25. The van der Waals surface area contributed by atoms with Gasteiger partial charge in [-0.1, -0.05) is 36.2 Å². The van der Waals surface area contributed by atoms with Crippen LogP contribution in [0.4, 0.5) is 11.4 Å². The van der Waals surface area contributed by atoms with Crippen LogP contribution in [0, 0.1) is 6.92 Å². The zero-order chi connectivity index (χ0) is 19.1. The third-order valence-corrected chi connectivity index (χ3v) is 6.14. The van der Waals surface area contributed by atoms with E-state index in [0.29, 0.717) is 5.92 Å². The summed E-state index contributed by atoms with van der Waals surface area (Å²) in [6.07, 6.45) is 2.98. The number of benzene rings is 2. The van der Waals surface area contributed by atoms with Crippen LogP contribution in [0.2, 0.25) is 10.0 Å². The molecule has 138 valence electrons. The van der Waals surface area contributed by atoms with E-state index in [-0.39, 0.29) is 5.54 Å². The van der Waals surface area contributed by atoms with Gasteiger partial charge >= 0.3 is 0 Å². The van der Waals surface area contributed by atoms with Gasteiger partial charge in [0.05, 0.1) is 10.7 Å². The highest BCUT2D eigenvalue weighted by atomic mass is 35.5. The van der Waals surface area contributed by atoms with E-state index < -0.39 is 0 Å². The predicted molar refractivity (Wildman–Crippen MR) is 115 cm³/mol. The van der Waals surface area contributed by atoms with Crippen LogP contribution in [0.25, 0.3) is 0 Å². The molecular weight excluding hydrogens is 363 g/mol. The van der Waals surface area contributed by atoms with E-state index in [2.05, 4.69) is 49.7 Å². The van der Waals surface area contributed by atoms with Crippen LogP contribution >= 0.6 is 23.2 Å². The number of hydrogen-bond acceptors (Lipinski definition) is 2. The molecule has 0 aromatic heterocycles. The molecule has 2 aromatic carbocycles. The van der Waals surface area contributed by atoms with E-state index >= 15 is 0 Å². The Morgan fingerprint density at radius 2 is 1.96 bits per heavy atom. The van der Waals surface area contributed by atoms with Gasteiger partial charge in [-0.15, -0.1) is 0 Å². The molecule has 26 heavy (non-hydrogen) atoms. The minimum absolute atomic E-state index is 0.137. The predicted octanol–water partition coefficient (Wildman–Crippen LogP) is 7.16. The standard InChI is InChI=1S/C22H26Cl2N2/c1-6-26-21-11-19(24)16(10-17(21)14(2)12-22(26,4)5)13-25-20-9-7-8-18(23)15(20)3/h7-11,13-14H,6,12H2,1-5H3. The summed E-state index contributed by atoms with van der Waals surface area (Å²) in [6.45, 7) is 12.1. The first-order valence-electron chi connectivity index (χ1n) is 9.15. The van der Waals surface area contributed by atoms with Crippen LogP contribution in [0.1, 0.15) is 56.7 Å². The molecule has 1 heterocycles. The van der Waals surface area contributed by atoms with Crippen molar-refractivity contribution in [2.75, 3.05) is 11.4 Å². The maximum Gasteiger partial charge on any atom is 0.0673 e. The highest BCUT2D eigenvalue weighted by Gasteiger charge is 2.35. The molecule has 1 atom stereocenters. The number of rotatable bonds is 3. The normalized spacial score (nSPS) is 19.0. The fourth-order valence-electron chi connectivity index (χ4n) is 4.09. The van der Waals surface area contributed by atoms with Gasteiger partial charge in [0, 0.05) is 34.6 Å². The first kappa shape index (κ1) is 19.3. The molecule has 0 N–H and O–H groups in total. The molecule has 0 aliphatic carbocycles. The Hall–Kier alpha value is -1.51. The Morgan fingerprint density at radius 1 is 1.23 bits per heavy atom. The van der Waals surface area contributed by atoms with Crippen molar-refractivity contribution in [2.45, 2.75) is 52.5 Å². The summed E-state index contributed by atoms with van der Waals surface area (Å²) in [5.74, 6) is 0.486. The van der Waals surface area contributed by atoms with E-state index in [0.717, 1.165) is 39.8 Å². The summed E-state index contributed by atoms with van der Waals surface area (Å²) in [7, 11) is 0. The number of hydrogen-bond donors (Lipinski definition) is 0. The Balaban J connectivity index is 2.03. The van der Waals surface area contributed by atoms with Crippen LogP contribution in [0.5, 0.6) is 0 Å². The monoisotopic (exact) mass is 388 g/mol. The third-order valence-electron chi connectivity index (χ3n) is 5.40. The molecule has 0 fully saturated rings. The van der Waals surface area contributed by atoms with E-state index in [1.54, 1.807) is 0 Å². The summed E-state index contributed by atoms with van der Waals surface area (Å²) in [4.78, 5) is 7.09. The van der Waals surface area contributed by atoms with Crippen molar-refractivity contribution in [3.63, 3.8) is 0 Å². The first-order chi connectivity index (χ1) is 12.2. The summed E-state index contributed by atoms with van der Waals surface area (Å²) < 4.78 is 0. The van der Waals surface area contributed by atoms with Crippen molar-refractivity contribution in [1.82, 2.24) is 0 Å². The third kappa shape index (κ3) is 3.50. The number of aliphatic imine (C=N–C) groups is 1. The summed E-state index contributed by atoms with van der Waals surface area (Å²) in [5, 5.41) is 1.46. The van der Waals surface area contributed by atoms with Gasteiger partial charge < -0.3 is 4.90 Å². The largest absolute Gasteiger partial charge is 0.366 e. The van der Waals surface area contributed by atoms with Crippen LogP contribution in [0.15, 0.2) is 35.3 Å². The Labute approximate surface area is 166 Å². The summed E-state index contributed by atoms with van der Waals surface area (Å²) in [6, 6.07) is 10.1. The van der Waals surface area contributed by atoms with Gasteiger partial charge in [-0.2, -0.15) is 0 Å². The van der Waals surface area contributed by atoms with Crippen molar-refractivity contribution < 1.29 is 0 Å². The minimum Gasteiger partial charge on any atom is -0.366 e. The quantitative estimate of drug-likeness (QED) is 0.508. The Bertz CT molecular complexity index is 855. The molecule has 3 rings (SSSR count). The average Bonchev–Trinajstić information content (AvgIpc) is 2.56. The van der Waals surface area contributed by atoms with Crippen molar-refractivity contribution in [3.8, 4) is 0 Å². The van der Waals surface area contributed by atoms with Crippen LogP contribution < -0.4 is 4.90 Å². The lowest BCUT2D eigenvalue weighted by molar-refractivity contribution is 0.381. The molecule has 2 nitrogen and oxygen atoms in total. The molecular formula is C22H26Cl2N2. The van der Waals surface area contributed by atoms with Gasteiger partial charge in [0.1, 0.15) is 0 Å². The fourth-order valence-corrected chi connectivity index (χ4v) is 4.47. The van der Waals surface area contributed by atoms with Gasteiger partial charge in [0.2, 0.25) is 0 Å². The van der Waals surface area contributed by atoms with E-state index in [4.69, 9.17) is 23.2 Å². The molecule has 0 saturated heterocycles. The fraction of sp³-hybridized carbons (Fsp3) is 0.409. The van der Waals surface area contributed by atoms with Crippen molar-refractivity contribution >= 4 is 40.8 Å². The van der Waals surface area contributed by atoms with Crippen molar-refractivity contribution in [1.29, 1.82) is 0 Å². The van der Waals surface area contributed by atoms with Gasteiger partial charge in [0.25, 0.3) is 0 Å². The second-order valence-electron chi connectivity index (χ2n) is 7.74. The van der Waals surface area contributed by atoms with Crippen molar-refractivity contribution in [3.05, 3.63) is 57.1 Å². The number of fused-ring (bicyclic) bond motifs is 1. The summed E-state index contributed by atoms with van der Waals surface area (Å²) in [5.41, 5.74) is 5.53. The van der Waals surface area contributed by atoms with Crippen molar-refractivity contribution in [2.24, 2.45) is 4.99 Å². The zero-order valence-electron chi connectivity index (χ0n) is 16.1. The molecule has 0 spiro atoms. The molecule has 1 aliphatic rings. The first-order valence-corrected chi connectivity index (χ1v) is 9.90. The summed E-state index contributed by atoms with van der Waals surface area (Å²) >= 11 is 12.8. The molecule has 0 saturated carbocycles. The average molecular weight is 389 g/mol. The molecule has 0 radical (unpaired) electrons. The van der Waals surface area contributed by atoms with E-state index in [1.807, 2.05) is 31.3 Å². The van der Waals surface area contributed by atoms with E-state index in [9.17, 15) is 0 Å². The highest BCUT2D eigenvalue weighted by molar-refractivity contribution is 6.33. The number of halogens is 2. The molecule has 1 aliphatic heterocycles. The molecule has 1 unspecified atom stereocenters. The van der Waals surface area contributed by atoms with Gasteiger partial charge in [-0.25, -0.2) is 0 Å². The second-order valence-corrected chi connectivity index (χ2v) is 8.55. The number of anilines is 1. The molecule has 0 amide bonds. The SMILES string of the molecule is CCN1c2cc(Cl)c(C=Nc3cccc(Cl)c3C)cc2C(C)CC1(C)C. The lowest BCUT2D eigenvalue weighted by Crippen LogP contribution is -2.48. The van der Waals surface area contributed by atoms with Gasteiger partial charge in [-0.3, -0.25) is 4.99 Å². The lowest BCUT2D eigenvalue weighted by Gasteiger charge is -2.47. The molecule has 0 bridgehead atoms. The van der Waals surface area contributed by atoms with Crippen LogP contribution in [-0.4, -0.2) is 18.3 Å². The topological polar surface area (TPSA) is 15.6 Å². The van der Waals surface area contributed by atoms with Crippen LogP contribution in [-0.2, 0) is 0 Å². The van der Waals surface area contributed by atoms with Gasteiger partial charge in [0.15, 0.2) is 0 Å². The maximum absolute atomic E-state index is 6.62. The zero-order valence-corrected chi connectivity index (χ0v) is 17.6. The number of nitrogens with zero attached hydrogens (tertiary/aromatic N) is 2. The minimum atomic E-state index is 0.137. The Morgan fingerprint density at radius 3 is 2.65 bits per heavy atom. The van der Waals surface area contributed by atoms with E-state index in [1.165, 1.54) is 11.3 Å². The smallest absolute Gasteiger partial charge is 0.0673 e. The van der Waals surface area contributed by atoms with Crippen LogP contribution in [0.3, 0.4) is 0 Å². The highest BCUT2D eigenvalue weighted by Crippen LogP contribution is 2.44. The molecule has 4 heteroatoms. The molecule has 2 aromatic rings.